The van der Waals surface area contributed by atoms with Crippen LogP contribution >= 0.6 is 0 Å². The van der Waals surface area contributed by atoms with Crippen LogP contribution in [0.4, 0.5) is 0 Å². The van der Waals surface area contributed by atoms with E-state index >= 15 is 0 Å². The van der Waals surface area contributed by atoms with Gasteiger partial charge >= 0.3 is 0 Å². The number of hydrogen-bond acceptors (Lipinski definition) is 4. The Morgan fingerprint density at radius 2 is 1.91 bits per heavy atom. The molecule has 0 amide bonds. The van der Waals surface area contributed by atoms with Crippen LogP contribution < -0.4 is 5.56 Å². The molecule has 112 valence electrons. The topological polar surface area (TPSA) is 75.4 Å². The van der Waals surface area contributed by atoms with Crippen molar-refractivity contribution >= 4 is 10.9 Å². The largest absolute Gasteiger partial charge is 0.507 e. The zero-order valence-corrected chi connectivity index (χ0v) is 12.2. The minimum Gasteiger partial charge on any atom is -0.507 e. The van der Waals surface area contributed by atoms with E-state index in [9.17, 15) is 9.90 Å². The SMILES string of the molecule is Cc1ccc(-n2c(=O)c(CCO)c(O)c3cnccc32)cc1. The van der Waals surface area contributed by atoms with Crippen molar-refractivity contribution in [2.45, 2.75) is 13.3 Å². The highest BCUT2D eigenvalue weighted by Gasteiger charge is 2.16. The molecular weight excluding hydrogens is 280 g/mol. The average Bonchev–Trinajstić information content (AvgIpc) is 2.53. The number of benzene rings is 1. The van der Waals surface area contributed by atoms with Crippen LogP contribution in [0.15, 0.2) is 47.5 Å². The van der Waals surface area contributed by atoms with E-state index in [0.717, 1.165) is 5.56 Å². The van der Waals surface area contributed by atoms with Gasteiger partial charge in [0.15, 0.2) is 0 Å². The van der Waals surface area contributed by atoms with E-state index < -0.39 is 0 Å². The Bertz CT molecular complexity index is 883. The van der Waals surface area contributed by atoms with Gasteiger partial charge in [0.1, 0.15) is 5.75 Å². The summed E-state index contributed by atoms with van der Waals surface area (Å²) in [6, 6.07) is 9.26. The molecule has 5 heteroatoms. The number of fused-ring (bicyclic) bond motifs is 1. The zero-order chi connectivity index (χ0) is 15.7. The van der Waals surface area contributed by atoms with Crippen LogP contribution in [0, 0.1) is 6.92 Å². The summed E-state index contributed by atoms with van der Waals surface area (Å²) in [5, 5.41) is 20.0. The van der Waals surface area contributed by atoms with E-state index in [0.29, 0.717) is 16.6 Å². The molecule has 0 unspecified atom stereocenters. The number of pyridine rings is 2. The summed E-state index contributed by atoms with van der Waals surface area (Å²) in [5.41, 5.74) is 2.27. The Morgan fingerprint density at radius 1 is 1.18 bits per heavy atom. The number of aliphatic hydroxyl groups is 1. The van der Waals surface area contributed by atoms with Gasteiger partial charge in [-0.1, -0.05) is 17.7 Å². The van der Waals surface area contributed by atoms with E-state index in [2.05, 4.69) is 4.98 Å². The molecule has 3 rings (SSSR count). The second-order valence-corrected chi connectivity index (χ2v) is 5.17. The van der Waals surface area contributed by atoms with Crippen LogP contribution in [-0.4, -0.2) is 26.4 Å². The van der Waals surface area contributed by atoms with Gasteiger partial charge in [-0.05, 0) is 25.1 Å². The van der Waals surface area contributed by atoms with Crippen LogP contribution in [-0.2, 0) is 6.42 Å². The Labute approximate surface area is 127 Å². The summed E-state index contributed by atoms with van der Waals surface area (Å²) < 4.78 is 1.54. The fourth-order valence-electron chi connectivity index (χ4n) is 2.56. The highest BCUT2D eigenvalue weighted by molar-refractivity contribution is 5.86. The summed E-state index contributed by atoms with van der Waals surface area (Å²) in [6.07, 6.45) is 3.20. The molecule has 2 heterocycles. The van der Waals surface area contributed by atoms with Gasteiger partial charge in [-0.25, -0.2) is 0 Å². The van der Waals surface area contributed by atoms with E-state index in [1.165, 1.54) is 6.20 Å². The fraction of sp³-hybridized carbons (Fsp3) is 0.176. The van der Waals surface area contributed by atoms with Crippen LogP contribution in [0.5, 0.6) is 5.75 Å². The molecule has 1 aromatic carbocycles. The minimum absolute atomic E-state index is 0.0986. The summed E-state index contributed by atoms with van der Waals surface area (Å²) in [5.74, 6) is -0.106. The number of aromatic hydroxyl groups is 1. The monoisotopic (exact) mass is 296 g/mol. The molecule has 0 aliphatic carbocycles. The van der Waals surface area contributed by atoms with Crippen LogP contribution in [0.1, 0.15) is 11.1 Å². The molecule has 0 radical (unpaired) electrons. The van der Waals surface area contributed by atoms with Crippen LogP contribution in [0.3, 0.4) is 0 Å². The smallest absolute Gasteiger partial charge is 0.262 e. The first kappa shape index (κ1) is 14.3. The lowest BCUT2D eigenvalue weighted by Gasteiger charge is -2.14. The Kier molecular flexibility index (Phi) is 3.65. The molecule has 2 N–H and O–H groups in total. The molecule has 0 fully saturated rings. The maximum absolute atomic E-state index is 12.8. The first-order valence-corrected chi connectivity index (χ1v) is 7.02. The van der Waals surface area contributed by atoms with E-state index in [-0.39, 0.29) is 29.9 Å². The van der Waals surface area contributed by atoms with Gasteiger partial charge in [-0.15, -0.1) is 0 Å². The quantitative estimate of drug-likeness (QED) is 0.774. The van der Waals surface area contributed by atoms with Crippen molar-refractivity contribution in [1.29, 1.82) is 0 Å². The first-order valence-electron chi connectivity index (χ1n) is 7.02. The maximum Gasteiger partial charge on any atom is 0.262 e. The lowest BCUT2D eigenvalue weighted by atomic mass is 10.1. The summed E-state index contributed by atoms with van der Waals surface area (Å²) in [6.45, 7) is 1.77. The van der Waals surface area contributed by atoms with Gasteiger partial charge in [0.25, 0.3) is 5.56 Å². The molecule has 0 saturated heterocycles. The molecule has 0 bridgehead atoms. The normalized spacial score (nSPS) is 11.0. The summed E-state index contributed by atoms with van der Waals surface area (Å²) >= 11 is 0. The Morgan fingerprint density at radius 3 is 2.59 bits per heavy atom. The Balaban J connectivity index is 2.42. The van der Waals surface area contributed by atoms with Gasteiger partial charge < -0.3 is 10.2 Å². The van der Waals surface area contributed by atoms with Gasteiger partial charge in [0.2, 0.25) is 0 Å². The minimum atomic E-state index is -0.325. The van der Waals surface area contributed by atoms with E-state index in [1.807, 2.05) is 31.2 Å². The number of rotatable bonds is 3. The molecule has 2 aromatic heterocycles. The second-order valence-electron chi connectivity index (χ2n) is 5.17. The number of hydrogen-bond donors (Lipinski definition) is 2. The highest BCUT2D eigenvalue weighted by atomic mass is 16.3. The van der Waals surface area contributed by atoms with Gasteiger partial charge in [-0.2, -0.15) is 0 Å². The van der Waals surface area contributed by atoms with E-state index in [4.69, 9.17) is 5.11 Å². The lowest BCUT2D eigenvalue weighted by molar-refractivity contribution is 0.297. The highest BCUT2D eigenvalue weighted by Crippen LogP contribution is 2.27. The zero-order valence-electron chi connectivity index (χ0n) is 12.2. The molecule has 0 aliphatic rings. The molecular formula is C17H16N2O3. The molecule has 22 heavy (non-hydrogen) atoms. The van der Waals surface area contributed by atoms with Gasteiger partial charge in [-0.3, -0.25) is 14.3 Å². The van der Waals surface area contributed by atoms with Crippen molar-refractivity contribution in [3.63, 3.8) is 0 Å². The molecule has 0 saturated carbocycles. The third kappa shape index (κ3) is 2.25. The number of nitrogens with zero attached hydrogens (tertiary/aromatic N) is 2. The summed E-state index contributed by atoms with van der Waals surface area (Å²) in [7, 11) is 0. The van der Waals surface area contributed by atoms with Gasteiger partial charge in [0, 0.05) is 31.1 Å². The number of aromatic nitrogens is 2. The molecule has 0 spiro atoms. The third-order valence-corrected chi connectivity index (χ3v) is 3.70. The standard InChI is InChI=1S/C17H16N2O3/c1-11-2-4-12(5-3-11)19-15-6-8-18-10-14(15)16(21)13(7-9-20)17(19)22/h2-6,8,10,20-21H,7,9H2,1H3. The molecule has 3 aromatic rings. The van der Waals surface area contributed by atoms with Crippen molar-refractivity contribution in [2.75, 3.05) is 6.61 Å². The lowest BCUT2D eigenvalue weighted by Crippen LogP contribution is -2.23. The maximum atomic E-state index is 12.8. The number of aliphatic hydroxyl groups excluding tert-OH is 1. The summed E-state index contributed by atoms with van der Waals surface area (Å²) in [4.78, 5) is 16.8. The average molecular weight is 296 g/mol. The molecule has 0 aliphatic heterocycles. The Hall–Kier alpha value is -2.66. The van der Waals surface area contributed by atoms with Crippen LogP contribution in [0.2, 0.25) is 0 Å². The van der Waals surface area contributed by atoms with Crippen molar-refractivity contribution < 1.29 is 10.2 Å². The molecule has 5 nitrogen and oxygen atoms in total. The predicted octanol–water partition coefficient (Wildman–Crippen LogP) is 1.93. The van der Waals surface area contributed by atoms with Crippen molar-refractivity contribution in [3.05, 3.63) is 64.2 Å². The fourth-order valence-corrected chi connectivity index (χ4v) is 2.56. The number of aryl methyl sites for hydroxylation is 1. The van der Waals surface area contributed by atoms with Crippen molar-refractivity contribution in [1.82, 2.24) is 9.55 Å². The van der Waals surface area contributed by atoms with Crippen LogP contribution in [0.25, 0.3) is 16.6 Å². The van der Waals surface area contributed by atoms with Gasteiger partial charge in [0.05, 0.1) is 16.5 Å². The first-order chi connectivity index (χ1) is 10.6. The van der Waals surface area contributed by atoms with Crippen molar-refractivity contribution in [3.8, 4) is 11.4 Å². The second kappa shape index (κ2) is 5.61. The molecule has 0 atom stereocenters. The third-order valence-electron chi connectivity index (χ3n) is 3.70. The predicted molar refractivity (Wildman–Crippen MR) is 84.5 cm³/mol. The van der Waals surface area contributed by atoms with E-state index in [1.54, 1.807) is 16.8 Å². The van der Waals surface area contributed by atoms with Crippen molar-refractivity contribution in [2.24, 2.45) is 0 Å².